The predicted molar refractivity (Wildman–Crippen MR) is 116 cm³/mol. The molecule has 2 aromatic carbocycles. The molecule has 0 unspecified atom stereocenters. The van der Waals surface area contributed by atoms with Gasteiger partial charge in [0.2, 0.25) is 10.0 Å². The summed E-state index contributed by atoms with van der Waals surface area (Å²) < 4.78 is 49.7. The summed E-state index contributed by atoms with van der Waals surface area (Å²) in [7, 11) is -3.68. The van der Waals surface area contributed by atoms with Gasteiger partial charge in [0.1, 0.15) is 33.9 Å². The lowest BCUT2D eigenvalue weighted by Crippen LogP contribution is -2.49. The quantitative estimate of drug-likeness (QED) is 0.466. The van der Waals surface area contributed by atoms with Crippen molar-refractivity contribution in [3.8, 4) is 11.3 Å². The van der Waals surface area contributed by atoms with Crippen LogP contribution in [0.5, 0.6) is 0 Å². The zero-order valence-corrected chi connectivity index (χ0v) is 17.9. The molecule has 0 aliphatic carbocycles. The Morgan fingerprint density at radius 3 is 2.55 bits per heavy atom. The molecule has 158 valence electrons. The zero-order valence-electron chi connectivity index (χ0n) is 16.2. The van der Waals surface area contributed by atoms with E-state index in [9.17, 15) is 12.8 Å². The monoisotopic (exact) mass is 456 g/mol. The van der Waals surface area contributed by atoms with Gasteiger partial charge in [0.25, 0.3) is 0 Å². The summed E-state index contributed by atoms with van der Waals surface area (Å²) in [6.45, 7) is 1.58. The highest BCUT2D eigenvalue weighted by Gasteiger charge is 2.31. The number of fused-ring (bicyclic) bond motifs is 1. The van der Waals surface area contributed by atoms with Crippen LogP contribution in [0.4, 0.5) is 10.2 Å². The van der Waals surface area contributed by atoms with Crippen LogP contribution >= 0.6 is 11.7 Å². The largest absolute Gasteiger partial charge is 0.354 e. The van der Waals surface area contributed by atoms with Crippen molar-refractivity contribution in [3.63, 3.8) is 0 Å². The van der Waals surface area contributed by atoms with E-state index in [0.717, 1.165) is 11.7 Å². The Bertz CT molecular complexity index is 1350. The minimum absolute atomic E-state index is 0.183. The van der Waals surface area contributed by atoms with Crippen LogP contribution < -0.4 is 4.90 Å². The number of sulfonamides is 1. The van der Waals surface area contributed by atoms with Crippen molar-refractivity contribution < 1.29 is 12.8 Å². The van der Waals surface area contributed by atoms with E-state index in [-0.39, 0.29) is 10.7 Å². The van der Waals surface area contributed by atoms with Crippen LogP contribution in [0.15, 0.2) is 59.8 Å². The van der Waals surface area contributed by atoms with Gasteiger partial charge in [-0.3, -0.25) is 0 Å². The van der Waals surface area contributed by atoms with Crippen LogP contribution in [-0.2, 0) is 10.0 Å². The van der Waals surface area contributed by atoms with Gasteiger partial charge in [-0.15, -0.1) is 0 Å². The zero-order chi connectivity index (χ0) is 21.4. The Balaban J connectivity index is 1.35. The lowest BCUT2D eigenvalue weighted by atomic mass is 10.1. The van der Waals surface area contributed by atoms with Crippen molar-refractivity contribution in [2.24, 2.45) is 0 Å². The molecule has 0 N–H and O–H groups in total. The molecule has 1 fully saturated rings. The Morgan fingerprint density at radius 1 is 0.935 bits per heavy atom. The normalized spacial score (nSPS) is 15.5. The maximum Gasteiger partial charge on any atom is 0.245 e. The van der Waals surface area contributed by atoms with Crippen molar-refractivity contribution in [3.05, 3.63) is 60.7 Å². The highest BCUT2D eigenvalue weighted by atomic mass is 32.2. The second kappa shape index (κ2) is 7.91. The fourth-order valence-corrected chi connectivity index (χ4v) is 5.79. The average Bonchev–Trinajstić information content (AvgIpc) is 3.28. The number of halogens is 1. The van der Waals surface area contributed by atoms with E-state index in [1.165, 1.54) is 22.8 Å². The Labute approximate surface area is 182 Å². The summed E-state index contributed by atoms with van der Waals surface area (Å²) >= 11 is 0.999. The van der Waals surface area contributed by atoms with Gasteiger partial charge >= 0.3 is 0 Å². The maximum absolute atomic E-state index is 13.6. The Morgan fingerprint density at radius 2 is 1.74 bits per heavy atom. The highest BCUT2D eigenvalue weighted by molar-refractivity contribution is 7.89. The standard InChI is InChI=1S/C20H17FN6O2S2/c21-15-4-1-3-14(11-15)17-12-19(23-13-22-17)26-7-9-27(10-8-26)31(28,29)18-6-2-5-16-20(18)25-30-24-16/h1-6,11-13H,7-10H2. The van der Waals surface area contributed by atoms with Gasteiger partial charge in [0.15, 0.2) is 0 Å². The number of piperazine rings is 1. The number of aromatic nitrogens is 4. The summed E-state index contributed by atoms with van der Waals surface area (Å²) in [4.78, 5) is 10.8. The summed E-state index contributed by atoms with van der Waals surface area (Å²) in [5.74, 6) is 0.346. The average molecular weight is 457 g/mol. The van der Waals surface area contributed by atoms with Crippen molar-refractivity contribution in [1.82, 2.24) is 23.0 Å². The molecule has 0 saturated carbocycles. The van der Waals surface area contributed by atoms with Crippen LogP contribution in [-0.4, -0.2) is 57.6 Å². The fraction of sp³-hybridized carbons (Fsp3) is 0.200. The lowest BCUT2D eigenvalue weighted by Gasteiger charge is -2.34. The topological polar surface area (TPSA) is 92.2 Å². The van der Waals surface area contributed by atoms with E-state index in [2.05, 4.69) is 18.7 Å². The molecule has 2 aromatic heterocycles. The van der Waals surface area contributed by atoms with Crippen LogP contribution in [0.2, 0.25) is 0 Å². The minimum atomic E-state index is -3.68. The first kappa shape index (κ1) is 19.9. The van der Waals surface area contributed by atoms with Gasteiger partial charge in [-0.25, -0.2) is 22.8 Å². The van der Waals surface area contributed by atoms with Gasteiger partial charge in [-0.1, -0.05) is 18.2 Å². The molecule has 31 heavy (non-hydrogen) atoms. The number of hydrogen-bond donors (Lipinski definition) is 0. The molecular formula is C20H17FN6O2S2. The molecule has 4 aromatic rings. The first-order valence-corrected chi connectivity index (χ1v) is 11.7. The van der Waals surface area contributed by atoms with E-state index in [4.69, 9.17) is 0 Å². The van der Waals surface area contributed by atoms with Gasteiger partial charge in [0, 0.05) is 37.8 Å². The van der Waals surface area contributed by atoms with Crippen LogP contribution in [0.1, 0.15) is 0 Å². The van der Waals surface area contributed by atoms with Crippen LogP contribution in [0.25, 0.3) is 22.3 Å². The second-order valence-electron chi connectivity index (χ2n) is 7.05. The van der Waals surface area contributed by atoms with E-state index in [1.807, 2.05) is 4.90 Å². The molecule has 1 aliphatic rings. The Hall–Kier alpha value is -3.02. The van der Waals surface area contributed by atoms with Crippen molar-refractivity contribution in [1.29, 1.82) is 0 Å². The maximum atomic E-state index is 13.6. The molecule has 0 bridgehead atoms. The first-order valence-electron chi connectivity index (χ1n) is 9.57. The molecular weight excluding hydrogens is 439 g/mol. The summed E-state index contributed by atoms with van der Waals surface area (Å²) in [6.07, 6.45) is 1.44. The van der Waals surface area contributed by atoms with Crippen molar-refractivity contribution >= 4 is 38.6 Å². The summed E-state index contributed by atoms with van der Waals surface area (Å²) in [5, 5.41) is 0. The third-order valence-corrected chi connectivity index (χ3v) is 7.68. The lowest BCUT2D eigenvalue weighted by molar-refractivity contribution is 0.384. The van der Waals surface area contributed by atoms with Crippen molar-refractivity contribution in [2.45, 2.75) is 4.90 Å². The summed E-state index contributed by atoms with van der Waals surface area (Å²) in [5.41, 5.74) is 2.26. The molecule has 11 heteroatoms. The van der Waals surface area contributed by atoms with Gasteiger partial charge in [-0.2, -0.15) is 13.1 Å². The SMILES string of the molecule is O=S(=O)(c1cccc2nsnc12)N1CCN(c2cc(-c3cccc(F)c3)ncn2)CC1. The molecule has 1 saturated heterocycles. The van der Waals surface area contributed by atoms with E-state index >= 15 is 0 Å². The first-order chi connectivity index (χ1) is 15.0. The number of hydrogen-bond acceptors (Lipinski definition) is 8. The summed E-state index contributed by atoms with van der Waals surface area (Å²) in [6, 6.07) is 13.0. The molecule has 5 rings (SSSR count). The molecule has 0 radical (unpaired) electrons. The van der Waals surface area contributed by atoms with Crippen LogP contribution in [0.3, 0.4) is 0 Å². The molecule has 0 spiro atoms. The number of benzene rings is 2. The second-order valence-corrected chi connectivity index (χ2v) is 9.49. The smallest absolute Gasteiger partial charge is 0.245 e. The van der Waals surface area contributed by atoms with Gasteiger partial charge in [0.05, 0.1) is 17.4 Å². The number of nitrogens with zero attached hydrogens (tertiary/aromatic N) is 6. The van der Waals surface area contributed by atoms with E-state index < -0.39 is 10.0 Å². The fourth-order valence-electron chi connectivity index (χ4n) is 3.61. The molecule has 3 heterocycles. The third-order valence-electron chi connectivity index (χ3n) is 5.20. The van der Waals surface area contributed by atoms with Crippen molar-refractivity contribution in [2.75, 3.05) is 31.1 Å². The van der Waals surface area contributed by atoms with E-state index in [1.54, 1.807) is 36.4 Å². The highest BCUT2D eigenvalue weighted by Crippen LogP contribution is 2.27. The van der Waals surface area contributed by atoms with Gasteiger partial charge < -0.3 is 4.90 Å². The third kappa shape index (κ3) is 3.75. The van der Waals surface area contributed by atoms with Crippen LogP contribution in [0, 0.1) is 5.82 Å². The Kier molecular flexibility index (Phi) is 5.08. The molecule has 0 amide bonds. The molecule has 1 aliphatic heterocycles. The van der Waals surface area contributed by atoms with E-state index in [0.29, 0.717) is 54.3 Å². The predicted octanol–water partition coefficient (Wildman–Crippen LogP) is 2.80. The molecule has 8 nitrogen and oxygen atoms in total. The minimum Gasteiger partial charge on any atom is -0.354 e. The molecule has 0 atom stereocenters. The number of rotatable bonds is 4. The number of anilines is 1. The van der Waals surface area contributed by atoms with Gasteiger partial charge in [-0.05, 0) is 24.3 Å².